The summed E-state index contributed by atoms with van der Waals surface area (Å²) < 4.78 is 6.17. The summed E-state index contributed by atoms with van der Waals surface area (Å²) in [5.41, 5.74) is 3.86. The van der Waals surface area contributed by atoms with Crippen LogP contribution in [0.3, 0.4) is 0 Å². The van der Waals surface area contributed by atoms with Crippen LogP contribution in [0.5, 0.6) is 5.75 Å². The van der Waals surface area contributed by atoms with Gasteiger partial charge in [-0.05, 0) is 54.8 Å². The van der Waals surface area contributed by atoms with Gasteiger partial charge >= 0.3 is 6.03 Å². The van der Waals surface area contributed by atoms with Gasteiger partial charge in [0.1, 0.15) is 5.75 Å². The molecule has 0 fully saturated rings. The normalized spacial score (nSPS) is 10.2. The maximum atomic E-state index is 12.1. The molecule has 0 aliphatic heterocycles. The van der Waals surface area contributed by atoms with E-state index in [9.17, 15) is 4.79 Å². The maximum absolute atomic E-state index is 12.1. The molecule has 0 atom stereocenters. The number of amides is 2. The van der Waals surface area contributed by atoms with E-state index < -0.39 is 0 Å². The number of aryl methyl sites for hydroxylation is 2. The summed E-state index contributed by atoms with van der Waals surface area (Å²) in [6.45, 7) is 4.38. The van der Waals surface area contributed by atoms with E-state index >= 15 is 0 Å². The van der Waals surface area contributed by atoms with E-state index in [0.29, 0.717) is 6.54 Å². The van der Waals surface area contributed by atoms with E-state index in [1.165, 1.54) is 0 Å². The summed E-state index contributed by atoms with van der Waals surface area (Å²) in [5.74, 6) is 0.777. The lowest BCUT2D eigenvalue weighted by atomic mass is 10.1. The first-order valence-corrected chi connectivity index (χ1v) is 7.73. The molecule has 2 rings (SSSR count). The van der Waals surface area contributed by atoms with Crippen molar-refractivity contribution in [1.29, 1.82) is 0 Å². The van der Waals surface area contributed by atoms with Crippen molar-refractivity contribution in [2.45, 2.75) is 20.4 Å². The summed E-state index contributed by atoms with van der Waals surface area (Å²) in [4.78, 5) is 12.1. The van der Waals surface area contributed by atoms with Crippen LogP contribution in [0, 0.1) is 13.8 Å². The second-order valence-corrected chi connectivity index (χ2v) is 5.99. The largest absolute Gasteiger partial charge is 0.497 e. The van der Waals surface area contributed by atoms with Gasteiger partial charge in [0, 0.05) is 16.7 Å². The molecule has 0 aliphatic rings. The number of halogens is 1. The zero-order chi connectivity index (χ0) is 16.1. The van der Waals surface area contributed by atoms with E-state index in [4.69, 9.17) is 4.74 Å². The fourth-order valence-electron chi connectivity index (χ4n) is 2.23. The summed E-state index contributed by atoms with van der Waals surface area (Å²) in [5, 5.41) is 5.75. The quantitative estimate of drug-likeness (QED) is 0.846. The van der Waals surface area contributed by atoms with Gasteiger partial charge in [-0.25, -0.2) is 4.79 Å². The molecule has 2 N–H and O–H groups in total. The average Bonchev–Trinajstić information content (AvgIpc) is 2.49. The predicted octanol–water partition coefficient (Wildman–Crippen LogP) is 4.40. The van der Waals surface area contributed by atoms with Crippen LogP contribution in [0.15, 0.2) is 40.9 Å². The summed E-state index contributed by atoms with van der Waals surface area (Å²) in [6, 6.07) is 11.3. The van der Waals surface area contributed by atoms with Crippen molar-refractivity contribution in [2.24, 2.45) is 0 Å². The standard InChI is InChI=1S/C17H19BrN2O2/c1-11-7-14(18)8-12(2)16(11)20-17(21)19-10-13-5-4-6-15(9-13)22-3/h4-9H,10H2,1-3H3,(H2,19,20,21). The summed E-state index contributed by atoms with van der Waals surface area (Å²) >= 11 is 3.45. The minimum absolute atomic E-state index is 0.226. The number of urea groups is 1. The van der Waals surface area contributed by atoms with Crippen molar-refractivity contribution in [2.75, 3.05) is 12.4 Å². The maximum Gasteiger partial charge on any atom is 0.319 e. The zero-order valence-electron chi connectivity index (χ0n) is 12.9. The van der Waals surface area contributed by atoms with Crippen LogP contribution < -0.4 is 15.4 Å². The molecule has 0 aromatic heterocycles. The molecule has 2 aromatic rings. The Labute approximate surface area is 139 Å². The van der Waals surface area contributed by atoms with Crippen LogP contribution in [0.4, 0.5) is 10.5 Å². The van der Waals surface area contributed by atoms with Crippen LogP contribution in [-0.4, -0.2) is 13.1 Å². The molecule has 0 unspecified atom stereocenters. The monoisotopic (exact) mass is 362 g/mol. The van der Waals surface area contributed by atoms with Gasteiger partial charge in [0.15, 0.2) is 0 Å². The zero-order valence-corrected chi connectivity index (χ0v) is 14.5. The molecule has 0 spiro atoms. The molecule has 4 nitrogen and oxygen atoms in total. The number of nitrogens with one attached hydrogen (secondary N) is 2. The third-order valence-electron chi connectivity index (χ3n) is 3.32. The Bertz CT molecular complexity index is 663. The number of ether oxygens (including phenoxy) is 1. The molecule has 0 saturated carbocycles. The molecule has 0 bridgehead atoms. The van der Waals surface area contributed by atoms with Crippen LogP contribution in [-0.2, 0) is 6.54 Å². The molecule has 22 heavy (non-hydrogen) atoms. The van der Waals surface area contributed by atoms with Crippen LogP contribution in [0.25, 0.3) is 0 Å². The Hall–Kier alpha value is -2.01. The van der Waals surface area contributed by atoms with Crippen molar-refractivity contribution in [3.8, 4) is 5.75 Å². The average molecular weight is 363 g/mol. The first-order chi connectivity index (χ1) is 10.5. The van der Waals surface area contributed by atoms with Gasteiger partial charge in [-0.2, -0.15) is 0 Å². The Morgan fingerprint density at radius 1 is 1.18 bits per heavy atom. The van der Waals surface area contributed by atoms with Gasteiger partial charge in [-0.15, -0.1) is 0 Å². The fourth-order valence-corrected chi connectivity index (χ4v) is 2.92. The lowest BCUT2D eigenvalue weighted by Crippen LogP contribution is -2.28. The van der Waals surface area contributed by atoms with Crippen molar-refractivity contribution in [3.05, 3.63) is 57.6 Å². The van der Waals surface area contributed by atoms with Crippen LogP contribution in [0.2, 0.25) is 0 Å². The first-order valence-electron chi connectivity index (χ1n) is 6.94. The van der Waals surface area contributed by atoms with Crippen molar-refractivity contribution < 1.29 is 9.53 Å². The lowest BCUT2D eigenvalue weighted by molar-refractivity contribution is 0.251. The Morgan fingerprint density at radius 2 is 1.86 bits per heavy atom. The van der Waals surface area contributed by atoms with E-state index in [0.717, 1.165) is 32.6 Å². The number of rotatable bonds is 4. The molecular weight excluding hydrogens is 344 g/mol. The van der Waals surface area contributed by atoms with E-state index in [1.54, 1.807) is 7.11 Å². The van der Waals surface area contributed by atoms with Crippen molar-refractivity contribution >= 4 is 27.6 Å². The second kappa shape index (κ2) is 7.31. The van der Waals surface area contributed by atoms with Gasteiger partial charge in [0.2, 0.25) is 0 Å². The number of carbonyl (C=O) groups is 1. The molecular formula is C17H19BrN2O2. The topological polar surface area (TPSA) is 50.4 Å². The van der Waals surface area contributed by atoms with Crippen LogP contribution >= 0.6 is 15.9 Å². The van der Waals surface area contributed by atoms with Crippen molar-refractivity contribution in [1.82, 2.24) is 5.32 Å². The highest BCUT2D eigenvalue weighted by Crippen LogP contribution is 2.25. The molecule has 0 aliphatic carbocycles. The number of anilines is 1. The third kappa shape index (κ3) is 4.24. The Kier molecular flexibility index (Phi) is 5.44. The minimum Gasteiger partial charge on any atom is -0.497 e. The molecule has 2 amide bonds. The SMILES string of the molecule is COc1cccc(CNC(=O)Nc2c(C)cc(Br)cc2C)c1. The highest BCUT2D eigenvalue weighted by atomic mass is 79.9. The molecule has 5 heteroatoms. The van der Waals surface area contributed by atoms with E-state index in [-0.39, 0.29) is 6.03 Å². The molecule has 0 radical (unpaired) electrons. The van der Waals surface area contributed by atoms with Gasteiger partial charge < -0.3 is 15.4 Å². The molecule has 2 aromatic carbocycles. The predicted molar refractivity (Wildman–Crippen MR) is 92.5 cm³/mol. The van der Waals surface area contributed by atoms with Crippen LogP contribution in [0.1, 0.15) is 16.7 Å². The van der Waals surface area contributed by atoms with Crippen molar-refractivity contribution in [3.63, 3.8) is 0 Å². The number of carbonyl (C=O) groups excluding carboxylic acids is 1. The minimum atomic E-state index is -0.226. The van der Waals surface area contributed by atoms with E-state index in [2.05, 4.69) is 26.6 Å². The molecule has 0 heterocycles. The third-order valence-corrected chi connectivity index (χ3v) is 3.78. The first kappa shape index (κ1) is 16.4. The Morgan fingerprint density at radius 3 is 2.50 bits per heavy atom. The number of benzene rings is 2. The van der Waals surface area contributed by atoms with Gasteiger partial charge in [-0.3, -0.25) is 0 Å². The molecule has 0 saturated heterocycles. The number of methoxy groups -OCH3 is 1. The second-order valence-electron chi connectivity index (χ2n) is 5.07. The molecule has 116 valence electrons. The van der Waals surface area contributed by atoms with E-state index in [1.807, 2.05) is 50.2 Å². The highest BCUT2D eigenvalue weighted by Gasteiger charge is 2.08. The van der Waals surface area contributed by atoms with Gasteiger partial charge in [0.25, 0.3) is 0 Å². The summed E-state index contributed by atoms with van der Waals surface area (Å²) in [6.07, 6.45) is 0. The summed E-state index contributed by atoms with van der Waals surface area (Å²) in [7, 11) is 1.62. The highest BCUT2D eigenvalue weighted by molar-refractivity contribution is 9.10. The smallest absolute Gasteiger partial charge is 0.319 e. The number of hydrogen-bond donors (Lipinski definition) is 2. The fraction of sp³-hybridized carbons (Fsp3) is 0.235. The Balaban J connectivity index is 1.99. The van der Waals surface area contributed by atoms with Gasteiger partial charge in [0.05, 0.1) is 7.11 Å². The lowest BCUT2D eigenvalue weighted by Gasteiger charge is -2.13. The number of hydrogen-bond acceptors (Lipinski definition) is 2. The van der Waals surface area contributed by atoms with Gasteiger partial charge in [-0.1, -0.05) is 28.1 Å².